The SMILES string of the molecule is CCNC(=NCC(C)(O)c1ccccc1)NCC(C)N(C)C1CC1. The summed E-state index contributed by atoms with van der Waals surface area (Å²) in [6.07, 6.45) is 2.63. The lowest BCUT2D eigenvalue weighted by Gasteiger charge is -2.26. The van der Waals surface area contributed by atoms with Crippen LogP contribution in [0.1, 0.15) is 39.2 Å². The Morgan fingerprint density at radius 1 is 1.33 bits per heavy atom. The first-order chi connectivity index (χ1) is 11.4. The minimum atomic E-state index is -0.972. The van der Waals surface area contributed by atoms with Crippen molar-refractivity contribution in [3.8, 4) is 0 Å². The van der Waals surface area contributed by atoms with E-state index < -0.39 is 5.60 Å². The van der Waals surface area contributed by atoms with E-state index in [9.17, 15) is 5.11 Å². The molecule has 2 atom stereocenters. The summed E-state index contributed by atoms with van der Waals surface area (Å²) in [5, 5.41) is 17.3. The smallest absolute Gasteiger partial charge is 0.191 e. The average molecular weight is 332 g/mol. The van der Waals surface area contributed by atoms with Gasteiger partial charge in [-0.15, -0.1) is 0 Å². The molecule has 3 N–H and O–H groups in total. The molecule has 5 heteroatoms. The summed E-state index contributed by atoms with van der Waals surface area (Å²) in [7, 11) is 2.19. The molecule has 1 aliphatic rings. The van der Waals surface area contributed by atoms with Gasteiger partial charge < -0.3 is 15.7 Å². The Morgan fingerprint density at radius 3 is 2.58 bits per heavy atom. The zero-order valence-corrected chi connectivity index (χ0v) is 15.4. The normalized spacial score (nSPS) is 19.0. The highest BCUT2D eigenvalue weighted by Crippen LogP contribution is 2.26. The van der Waals surface area contributed by atoms with Crippen molar-refractivity contribution in [2.45, 2.75) is 51.3 Å². The van der Waals surface area contributed by atoms with Gasteiger partial charge in [0.2, 0.25) is 0 Å². The van der Waals surface area contributed by atoms with E-state index in [4.69, 9.17) is 0 Å². The molecule has 0 aliphatic heterocycles. The third-order valence-corrected chi connectivity index (χ3v) is 4.67. The summed E-state index contributed by atoms with van der Waals surface area (Å²) in [6.45, 7) is 8.04. The molecule has 0 spiro atoms. The van der Waals surface area contributed by atoms with Crippen molar-refractivity contribution in [1.29, 1.82) is 0 Å². The van der Waals surface area contributed by atoms with Crippen LogP contribution in [0.3, 0.4) is 0 Å². The standard InChI is InChI=1S/C19H32N4O/c1-5-20-18(21-13-15(2)23(4)17-11-12-17)22-14-19(3,24)16-9-7-6-8-10-16/h6-10,15,17,24H,5,11-14H2,1-4H3,(H2,20,21,22). The molecule has 1 aromatic carbocycles. The van der Waals surface area contributed by atoms with E-state index in [2.05, 4.69) is 34.5 Å². The molecular weight excluding hydrogens is 300 g/mol. The molecular formula is C19H32N4O. The van der Waals surface area contributed by atoms with Gasteiger partial charge in [-0.3, -0.25) is 4.90 Å². The molecule has 24 heavy (non-hydrogen) atoms. The van der Waals surface area contributed by atoms with Crippen LogP contribution in [0.5, 0.6) is 0 Å². The van der Waals surface area contributed by atoms with E-state index in [-0.39, 0.29) is 0 Å². The summed E-state index contributed by atoms with van der Waals surface area (Å²) in [5.74, 6) is 0.754. The third kappa shape index (κ3) is 5.49. The van der Waals surface area contributed by atoms with Gasteiger partial charge in [0.25, 0.3) is 0 Å². The van der Waals surface area contributed by atoms with E-state index in [0.29, 0.717) is 12.6 Å². The fourth-order valence-electron chi connectivity index (χ4n) is 2.69. The number of hydrogen-bond donors (Lipinski definition) is 3. The maximum absolute atomic E-state index is 10.7. The largest absolute Gasteiger partial charge is 0.384 e. The summed E-state index contributed by atoms with van der Waals surface area (Å²) in [5.41, 5.74) is -0.0912. The Balaban J connectivity index is 1.92. The Kier molecular flexibility index (Phi) is 6.63. The third-order valence-electron chi connectivity index (χ3n) is 4.67. The van der Waals surface area contributed by atoms with Gasteiger partial charge in [-0.1, -0.05) is 30.3 Å². The molecule has 0 aromatic heterocycles. The number of nitrogens with zero attached hydrogens (tertiary/aromatic N) is 2. The average Bonchev–Trinajstić information content (AvgIpc) is 3.42. The van der Waals surface area contributed by atoms with E-state index in [1.54, 1.807) is 6.92 Å². The van der Waals surface area contributed by atoms with Gasteiger partial charge in [0, 0.05) is 25.2 Å². The second-order valence-electron chi connectivity index (χ2n) is 6.96. The highest BCUT2D eigenvalue weighted by molar-refractivity contribution is 5.79. The van der Waals surface area contributed by atoms with Crippen molar-refractivity contribution in [2.75, 3.05) is 26.7 Å². The first kappa shape index (κ1) is 18.7. The number of benzene rings is 1. The second kappa shape index (κ2) is 8.49. The van der Waals surface area contributed by atoms with Crippen LogP contribution in [-0.2, 0) is 5.60 Å². The van der Waals surface area contributed by atoms with E-state index >= 15 is 0 Å². The molecule has 0 radical (unpaired) electrons. The fraction of sp³-hybridized carbons (Fsp3) is 0.632. The lowest BCUT2D eigenvalue weighted by Crippen LogP contribution is -2.46. The molecule has 1 fully saturated rings. The number of guanidine groups is 1. The van der Waals surface area contributed by atoms with Crippen molar-refractivity contribution >= 4 is 5.96 Å². The van der Waals surface area contributed by atoms with Gasteiger partial charge in [-0.25, -0.2) is 4.99 Å². The van der Waals surface area contributed by atoms with E-state index in [1.165, 1.54) is 12.8 Å². The van der Waals surface area contributed by atoms with Gasteiger partial charge >= 0.3 is 0 Å². The van der Waals surface area contributed by atoms with E-state index in [0.717, 1.165) is 30.7 Å². The van der Waals surface area contributed by atoms with Crippen molar-refractivity contribution in [2.24, 2.45) is 4.99 Å². The highest BCUT2D eigenvalue weighted by atomic mass is 16.3. The van der Waals surface area contributed by atoms with Gasteiger partial charge in [0.15, 0.2) is 5.96 Å². The number of aliphatic hydroxyl groups is 1. The van der Waals surface area contributed by atoms with Crippen molar-refractivity contribution < 1.29 is 5.11 Å². The predicted octanol–water partition coefficient (Wildman–Crippen LogP) is 1.93. The van der Waals surface area contributed by atoms with Crippen LogP contribution in [0, 0.1) is 0 Å². The second-order valence-corrected chi connectivity index (χ2v) is 6.96. The molecule has 0 amide bonds. The van der Waals surface area contributed by atoms with Crippen LogP contribution in [0.15, 0.2) is 35.3 Å². The zero-order chi connectivity index (χ0) is 17.6. The summed E-state index contributed by atoms with van der Waals surface area (Å²) >= 11 is 0. The lowest BCUT2D eigenvalue weighted by atomic mass is 9.96. The summed E-state index contributed by atoms with van der Waals surface area (Å²) in [4.78, 5) is 7.01. The predicted molar refractivity (Wildman–Crippen MR) is 100 cm³/mol. The van der Waals surface area contributed by atoms with Gasteiger partial charge in [0.05, 0.1) is 6.54 Å². The zero-order valence-electron chi connectivity index (χ0n) is 15.4. The van der Waals surface area contributed by atoms with Crippen LogP contribution in [0.2, 0.25) is 0 Å². The molecule has 5 nitrogen and oxygen atoms in total. The van der Waals surface area contributed by atoms with Gasteiger partial charge in [-0.2, -0.15) is 0 Å². The van der Waals surface area contributed by atoms with Gasteiger partial charge in [-0.05, 0) is 46.2 Å². The van der Waals surface area contributed by atoms with Crippen molar-refractivity contribution in [1.82, 2.24) is 15.5 Å². The molecule has 1 aliphatic carbocycles. The minimum absolute atomic E-state index is 0.319. The van der Waals surface area contributed by atoms with Crippen molar-refractivity contribution in [3.63, 3.8) is 0 Å². The highest BCUT2D eigenvalue weighted by Gasteiger charge is 2.29. The fourth-order valence-corrected chi connectivity index (χ4v) is 2.69. The number of hydrogen-bond acceptors (Lipinski definition) is 3. The lowest BCUT2D eigenvalue weighted by molar-refractivity contribution is 0.0672. The van der Waals surface area contributed by atoms with Gasteiger partial charge in [0.1, 0.15) is 5.60 Å². The molecule has 1 aromatic rings. The maximum Gasteiger partial charge on any atom is 0.191 e. The van der Waals surface area contributed by atoms with Crippen LogP contribution >= 0.6 is 0 Å². The van der Waals surface area contributed by atoms with E-state index in [1.807, 2.05) is 37.3 Å². The summed E-state index contributed by atoms with van der Waals surface area (Å²) < 4.78 is 0. The molecule has 0 saturated heterocycles. The number of likely N-dealkylation sites (N-methyl/N-ethyl adjacent to an activating group) is 1. The Hall–Kier alpha value is -1.59. The van der Waals surface area contributed by atoms with Crippen LogP contribution < -0.4 is 10.6 Å². The van der Waals surface area contributed by atoms with Crippen LogP contribution in [0.4, 0.5) is 0 Å². The quantitative estimate of drug-likeness (QED) is 0.503. The molecule has 0 bridgehead atoms. The van der Waals surface area contributed by atoms with Crippen LogP contribution in [-0.4, -0.2) is 54.7 Å². The molecule has 2 unspecified atom stereocenters. The number of rotatable bonds is 8. The van der Waals surface area contributed by atoms with Crippen LogP contribution in [0.25, 0.3) is 0 Å². The monoisotopic (exact) mass is 332 g/mol. The molecule has 2 rings (SSSR count). The summed E-state index contributed by atoms with van der Waals surface area (Å²) in [6, 6.07) is 10.9. The topological polar surface area (TPSA) is 59.9 Å². The first-order valence-electron chi connectivity index (χ1n) is 8.96. The molecule has 0 heterocycles. The van der Waals surface area contributed by atoms with Crippen molar-refractivity contribution in [3.05, 3.63) is 35.9 Å². The Bertz CT molecular complexity index is 525. The molecule has 134 valence electrons. The molecule has 1 saturated carbocycles. The first-order valence-corrected chi connectivity index (χ1v) is 8.96. The number of aliphatic imine (C=N–C) groups is 1. The Morgan fingerprint density at radius 2 is 2.00 bits per heavy atom. The minimum Gasteiger partial charge on any atom is -0.384 e. The maximum atomic E-state index is 10.7. The number of nitrogens with one attached hydrogen (secondary N) is 2. The Labute approximate surface area is 146 Å².